The minimum absolute atomic E-state index is 0.347. The SMILES string of the molecule is CC.CC.CCC(C)CC.CCCCC.CCN1CCCCCC1=O. The highest BCUT2D eigenvalue weighted by Gasteiger charge is 2.13. The monoisotopic (exact) mass is 359 g/mol. The van der Waals surface area contributed by atoms with E-state index in [1.807, 2.05) is 39.5 Å². The van der Waals surface area contributed by atoms with Crippen LogP contribution in [0.2, 0.25) is 0 Å². The molecule has 1 aliphatic heterocycles. The van der Waals surface area contributed by atoms with E-state index in [2.05, 4.69) is 34.6 Å². The molecule has 1 heterocycles. The Hall–Kier alpha value is -0.530. The van der Waals surface area contributed by atoms with Gasteiger partial charge in [-0.2, -0.15) is 0 Å². The predicted octanol–water partition coefficient (Wildman–Crippen LogP) is 8.10. The van der Waals surface area contributed by atoms with Crippen LogP contribution in [0.25, 0.3) is 0 Å². The van der Waals surface area contributed by atoms with Crippen LogP contribution in [0.15, 0.2) is 0 Å². The smallest absolute Gasteiger partial charge is 0.222 e. The molecule has 0 aromatic carbocycles. The lowest BCUT2D eigenvalue weighted by atomic mass is 10.1. The first-order valence-corrected chi connectivity index (χ1v) is 11.3. The van der Waals surface area contributed by atoms with Crippen molar-refractivity contribution in [3.05, 3.63) is 0 Å². The molecule has 0 atom stereocenters. The molecular formula is C23H53NO. The minimum atomic E-state index is 0.347. The van der Waals surface area contributed by atoms with Crippen LogP contribution in [0.1, 0.15) is 127 Å². The van der Waals surface area contributed by atoms with Gasteiger partial charge in [0.15, 0.2) is 0 Å². The number of hydrogen-bond donors (Lipinski definition) is 0. The Morgan fingerprint density at radius 1 is 0.840 bits per heavy atom. The number of unbranched alkanes of at least 4 members (excludes halogenated alkanes) is 2. The highest BCUT2D eigenvalue weighted by Crippen LogP contribution is 2.09. The summed E-state index contributed by atoms with van der Waals surface area (Å²) in [7, 11) is 0. The Kier molecular flexibility index (Phi) is 40.2. The van der Waals surface area contributed by atoms with E-state index >= 15 is 0 Å². The molecule has 1 aliphatic rings. The Morgan fingerprint density at radius 2 is 1.32 bits per heavy atom. The molecule has 0 spiro atoms. The van der Waals surface area contributed by atoms with Gasteiger partial charge in [-0.3, -0.25) is 4.79 Å². The second-order valence-electron chi connectivity index (χ2n) is 6.06. The van der Waals surface area contributed by atoms with Gasteiger partial charge in [-0.15, -0.1) is 0 Å². The standard InChI is InChI=1S/C8H15NO.C6H14.C5H12.2C2H6/c1-2-9-7-5-3-4-6-8(9)10;1-4-6(3)5-2;1-3-5-4-2;2*1-2/h2-7H2,1H3;6H,4-5H2,1-3H3;3-5H2,1-2H3;2*1-2H3. The lowest BCUT2D eigenvalue weighted by molar-refractivity contribution is -0.130. The third-order valence-corrected chi connectivity index (χ3v) is 4.15. The van der Waals surface area contributed by atoms with Gasteiger partial charge in [0.25, 0.3) is 0 Å². The van der Waals surface area contributed by atoms with E-state index < -0.39 is 0 Å². The fourth-order valence-electron chi connectivity index (χ4n) is 2.02. The second-order valence-corrected chi connectivity index (χ2v) is 6.06. The lowest BCUT2D eigenvalue weighted by Gasteiger charge is -2.17. The lowest BCUT2D eigenvalue weighted by Crippen LogP contribution is -2.29. The van der Waals surface area contributed by atoms with Crippen molar-refractivity contribution < 1.29 is 4.79 Å². The first-order chi connectivity index (χ1) is 12.1. The van der Waals surface area contributed by atoms with Gasteiger partial charge in [0, 0.05) is 19.5 Å². The molecule has 0 radical (unpaired) electrons. The zero-order valence-electron chi connectivity index (χ0n) is 19.7. The van der Waals surface area contributed by atoms with Gasteiger partial charge >= 0.3 is 0 Å². The third-order valence-electron chi connectivity index (χ3n) is 4.15. The zero-order chi connectivity index (χ0) is 20.5. The molecule has 0 aromatic rings. The Balaban J connectivity index is -0.000000128. The van der Waals surface area contributed by atoms with E-state index in [0.717, 1.165) is 31.8 Å². The van der Waals surface area contributed by atoms with Crippen molar-refractivity contribution >= 4 is 5.91 Å². The maximum absolute atomic E-state index is 11.2. The summed E-state index contributed by atoms with van der Waals surface area (Å²) in [5.41, 5.74) is 0. The number of carbonyl (C=O) groups is 1. The first-order valence-electron chi connectivity index (χ1n) is 11.3. The number of nitrogens with zero attached hydrogens (tertiary/aromatic N) is 1. The van der Waals surface area contributed by atoms with Crippen molar-refractivity contribution in [2.75, 3.05) is 13.1 Å². The molecule has 0 saturated carbocycles. The largest absolute Gasteiger partial charge is 0.343 e. The normalized spacial score (nSPS) is 12.9. The first kappa shape index (κ1) is 32.2. The molecule has 2 nitrogen and oxygen atoms in total. The summed E-state index contributed by atoms with van der Waals surface area (Å²) in [4.78, 5) is 13.1. The van der Waals surface area contributed by atoms with Crippen LogP contribution >= 0.6 is 0 Å². The summed E-state index contributed by atoms with van der Waals surface area (Å²) in [5.74, 6) is 1.28. The van der Waals surface area contributed by atoms with Crippen LogP contribution in [-0.2, 0) is 4.79 Å². The zero-order valence-corrected chi connectivity index (χ0v) is 19.7. The van der Waals surface area contributed by atoms with Gasteiger partial charge in [0.05, 0.1) is 0 Å². The van der Waals surface area contributed by atoms with Gasteiger partial charge in [-0.25, -0.2) is 0 Å². The molecule has 0 unspecified atom stereocenters. The molecular weight excluding hydrogens is 306 g/mol. The quantitative estimate of drug-likeness (QED) is 0.485. The molecule has 0 N–H and O–H groups in total. The molecule has 0 aromatic heterocycles. The average molecular weight is 360 g/mol. The topological polar surface area (TPSA) is 20.3 Å². The number of hydrogen-bond acceptors (Lipinski definition) is 1. The van der Waals surface area contributed by atoms with Gasteiger partial charge in [0.1, 0.15) is 0 Å². The van der Waals surface area contributed by atoms with Crippen molar-refractivity contribution in [3.63, 3.8) is 0 Å². The number of rotatable bonds is 5. The van der Waals surface area contributed by atoms with E-state index in [1.54, 1.807) is 0 Å². The fourth-order valence-corrected chi connectivity index (χ4v) is 2.02. The van der Waals surface area contributed by atoms with Gasteiger partial charge in [0.2, 0.25) is 5.91 Å². The van der Waals surface area contributed by atoms with Gasteiger partial charge in [-0.1, -0.05) is 101 Å². The van der Waals surface area contributed by atoms with Crippen LogP contribution in [0.4, 0.5) is 0 Å². The van der Waals surface area contributed by atoms with Crippen molar-refractivity contribution in [2.45, 2.75) is 127 Å². The van der Waals surface area contributed by atoms with E-state index in [0.29, 0.717) is 5.91 Å². The summed E-state index contributed by atoms with van der Waals surface area (Å²) in [6.07, 6.45) is 11.0. The van der Waals surface area contributed by atoms with Gasteiger partial charge in [-0.05, 0) is 25.7 Å². The van der Waals surface area contributed by atoms with Crippen molar-refractivity contribution in [1.29, 1.82) is 0 Å². The van der Waals surface area contributed by atoms with Crippen LogP contribution < -0.4 is 0 Å². The van der Waals surface area contributed by atoms with Crippen molar-refractivity contribution in [1.82, 2.24) is 4.90 Å². The molecule has 25 heavy (non-hydrogen) atoms. The van der Waals surface area contributed by atoms with Crippen LogP contribution in [-0.4, -0.2) is 23.9 Å². The Bertz CT molecular complexity index is 210. The molecule has 0 aliphatic carbocycles. The summed E-state index contributed by atoms with van der Waals surface area (Å²) in [5, 5.41) is 0. The van der Waals surface area contributed by atoms with Crippen LogP contribution in [0, 0.1) is 5.92 Å². The molecule has 1 rings (SSSR count). The second kappa shape index (κ2) is 31.3. The Labute approximate surface area is 162 Å². The molecule has 156 valence electrons. The van der Waals surface area contributed by atoms with E-state index in [1.165, 1.54) is 44.9 Å². The van der Waals surface area contributed by atoms with Crippen LogP contribution in [0.5, 0.6) is 0 Å². The average Bonchev–Trinajstić information content (AvgIpc) is 2.89. The van der Waals surface area contributed by atoms with Crippen LogP contribution in [0.3, 0.4) is 0 Å². The third kappa shape index (κ3) is 28.5. The van der Waals surface area contributed by atoms with E-state index in [-0.39, 0.29) is 0 Å². The summed E-state index contributed by atoms with van der Waals surface area (Å²) < 4.78 is 0. The summed E-state index contributed by atoms with van der Waals surface area (Å²) >= 11 is 0. The maximum atomic E-state index is 11.2. The van der Waals surface area contributed by atoms with E-state index in [4.69, 9.17) is 0 Å². The van der Waals surface area contributed by atoms with Crippen molar-refractivity contribution in [2.24, 2.45) is 5.92 Å². The Morgan fingerprint density at radius 3 is 1.60 bits per heavy atom. The predicted molar refractivity (Wildman–Crippen MR) is 118 cm³/mol. The van der Waals surface area contributed by atoms with Gasteiger partial charge < -0.3 is 4.90 Å². The fraction of sp³-hybridized carbons (Fsp3) is 0.957. The number of likely N-dealkylation sites (tertiary alicyclic amines) is 1. The molecule has 1 fully saturated rings. The summed E-state index contributed by atoms with van der Waals surface area (Å²) in [6.45, 7) is 23.1. The number of amides is 1. The maximum Gasteiger partial charge on any atom is 0.222 e. The minimum Gasteiger partial charge on any atom is -0.343 e. The summed E-state index contributed by atoms with van der Waals surface area (Å²) in [6, 6.07) is 0. The highest BCUT2D eigenvalue weighted by molar-refractivity contribution is 5.76. The highest BCUT2D eigenvalue weighted by atomic mass is 16.2. The van der Waals surface area contributed by atoms with E-state index in [9.17, 15) is 4.79 Å². The molecule has 2 heteroatoms. The number of carbonyl (C=O) groups excluding carboxylic acids is 1. The molecule has 1 saturated heterocycles. The van der Waals surface area contributed by atoms with Crippen molar-refractivity contribution in [3.8, 4) is 0 Å². The molecule has 1 amide bonds. The molecule has 0 bridgehead atoms.